The molecule has 0 saturated carbocycles. The number of rotatable bonds is 6. The van der Waals surface area contributed by atoms with Crippen molar-refractivity contribution in [3.05, 3.63) is 72.3 Å². The van der Waals surface area contributed by atoms with E-state index in [2.05, 4.69) is 16.8 Å². The van der Waals surface area contributed by atoms with E-state index in [9.17, 15) is 4.79 Å². The van der Waals surface area contributed by atoms with Crippen LogP contribution < -0.4 is 0 Å². The zero-order valence-electron chi connectivity index (χ0n) is 17.1. The fraction of sp³-hybridized carbons (Fsp3) is 0.292. The highest BCUT2D eigenvalue weighted by Crippen LogP contribution is 2.33. The molecule has 0 amide bonds. The van der Waals surface area contributed by atoms with Gasteiger partial charge in [0.15, 0.2) is 5.78 Å². The molecule has 0 spiro atoms. The number of Topliss-reactive ketones (excluding diaryl/α,β-unsaturated/α-hetero) is 1. The Morgan fingerprint density at radius 3 is 2.03 bits per heavy atom. The number of piperazine rings is 1. The van der Waals surface area contributed by atoms with Gasteiger partial charge in [0.1, 0.15) is 11.5 Å². The molecule has 1 aliphatic heterocycles. The number of hydrogen-bond donors (Lipinski definition) is 0. The molecule has 4 rings (SSSR count). The maximum absolute atomic E-state index is 13.1. The first kappa shape index (κ1) is 24.2. The van der Waals surface area contributed by atoms with Gasteiger partial charge in [-0.15, -0.1) is 24.8 Å². The minimum Gasteiger partial charge on any atom is -0.455 e. The molecule has 160 valence electrons. The molecule has 0 atom stereocenters. The number of carbonyl (C=O) groups is 1. The van der Waals surface area contributed by atoms with Crippen molar-refractivity contribution < 1.29 is 9.21 Å². The molecule has 1 fully saturated rings. The van der Waals surface area contributed by atoms with Gasteiger partial charge in [0, 0.05) is 50.3 Å². The van der Waals surface area contributed by atoms with Crippen molar-refractivity contribution in [1.29, 1.82) is 0 Å². The number of nitrogens with zero attached hydrogens (tertiary/aromatic N) is 2. The molecule has 1 aliphatic rings. The maximum atomic E-state index is 13.1. The fourth-order valence-electron chi connectivity index (χ4n) is 3.61. The minimum atomic E-state index is 0. The summed E-state index contributed by atoms with van der Waals surface area (Å²) >= 11 is 0. The maximum Gasteiger partial charge on any atom is 0.168 e. The van der Waals surface area contributed by atoms with E-state index in [-0.39, 0.29) is 30.6 Å². The topological polar surface area (TPSA) is 36.7 Å². The molecule has 0 bridgehead atoms. The Balaban J connectivity index is 0.00000160. The molecule has 0 unspecified atom stereocenters. The van der Waals surface area contributed by atoms with Gasteiger partial charge in [0.2, 0.25) is 0 Å². The third kappa shape index (κ3) is 5.73. The molecule has 1 saturated heterocycles. The molecular formula is C24H28Cl2N2O2. The first-order chi connectivity index (χ1) is 13.7. The van der Waals surface area contributed by atoms with Crippen molar-refractivity contribution in [3.63, 3.8) is 0 Å². The van der Waals surface area contributed by atoms with Crippen LogP contribution in [0.2, 0.25) is 0 Å². The SMILES string of the molecule is CN1CCN(CCC(=O)c2cc(-c3ccccc3)oc2-c2ccccc2)CC1.Cl.Cl. The van der Waals surface area contributed by atoms with Crippen LogP contribution in [0, 0.1) is 0 Å². The Bertz CT molecular complexity index is 921. The van der Waals surface area contributed by atoms with E-state index >= 15 is 0 Å². The number of carbonyl (C=O) groups excluding carboxylic acids is 1. The van der Waals surface area contributed by atoms with Crippen LogP contribution in [-0.2, 0) is 0 Å². The molecule has 4 nitrogen and oxygen atoms in total. The smallest absolute Gasteiger partial charge is 0.168 e. The van der Waals surface area contributed by atoms with E-state index in [1.54, 1.807) is 0 Å². The van der Waals surface area contributed by atoms with Crippen molar-refractivity contribution in [3.8, 4) is 22.6 Å². The number of likely N-dealkylation sites (N-methyl/N-ethyl adjacent to an activating group) is 1. The Labute approximate surface area is 190 Å². The van der Waals surface area contributed by atoms with Gasteiger partial charge >= 0.3 is 0 Å². The molecule has 1 aromatic heterocycles. The van der Waals surface area contributed by atoms with Crippen LogP contribution in [0.3, 0.4) is 0 Å². The number of hydrogen-bond acceptors (Lipinski definition) is 4. The molecule has 6 heteroatoms. The number of furan rings is 1. The standard InChI is InChI=1S/C24H26N2O2.2ClH/c1-25-14-16-26(17-15-25)13-12-22(27)21-18-23(19-8-4-2-5-9-19)28-24(21)20-10-6-3-7-11-20;;/h2-11,18H,12-17H2,1H3;2*1H. The third-order valence-electron chi connectivity index (χ3n) is 5.38. The molecule has 2 aromatic carbocycles. The Morgan fingerprint density at radius 1 is 0.867 bits per heavy atom. The molecule has 0 N–H and O–H groups in total. The van der Waals surface area contributed by atoms with Gasteiger partial charge in [-0.2, -0.15) is 0 Å². The zero-order chi connectivity index (χ0) is 19.3. The molecule has 0 radical (unpaired) electrons. The van der Waals surface area contributed by atoms with E-state index in [1.807, 2.05) is 66.7 Å². The predicted octanol–water partition coefficient (Wildman–Crippen LogP) is 5.28. The Morgan fingerprint density at radius 2 is 1.43 bits per heavy atom. The summed E-state index contributed by atoms with van der Waals surface area (Å²) in [6.07, 6.45) is 0.511. The summed E-state index contributed by atoms with van der Waals surface area (Å²) in [5.74, 6) is 1.55. The highest BCUT2D eigenvalue weighted by Gasteiger charge is 2.21. The van der Waals surface area contributed by atoms with Gasteiger partial charge in [-0.05, 0) is 13.1 Å². The summed E-state index contributed by atoms with van der Waals surface area (Å²) < 4.78 is 6.17. The highest BCUT2D eigenvalue weighted by molar-refractivity contribution is 6.02. The molecular weight excluding hydrogens is 419 g/mol. The normalized spacial score (nSPS) is 14.6. The first-order valence-electron chi connectivity index (χ1n) is 9.89. The monoisotopic (exact) mass is 446 g/mol. The summed E-state index contributed by atoms with van der Waals surface area (Å²) in [4.78, 5) is 17.8. The van der Waals surface area contributed by atoms with E-state index in [4.69, 9.17) is 4.42 Å². The summed E-state index contributed by atoms with van der Waals surface area (Å²) in [6, 6.07) is 21.8. The summed E-state index contributed by atoms with van der Waals surface area (Å²) in [6.45, 7) is 4.97. The second-order valence-corrected chi connectivity index (χ2v) is 7.40. The van der Waals surface area contributed by atoms with Crippen LogP contribution in [0.25, 0.3) is 22.6 Å². The van der Waals surface area contributed by atoms with Crippen LogP contribution in [-0.4, -0.2) is 55.4 Å². The largest absolute Gasteiger partial charge is 0.455 e. The van der Waals surface area contributed by atoms with Crippen molar-refractivity contribution >= 4 is 30.6 Å². The molecule has 3 aromatic rings. The average molecular weight is 447 g/mol. The second kappa shape index (κ2) is 11.3. The molecule has 30 heavy (non-hydrogen) atoms. The quantitative estimate of drug-likeness (QED) is 0.482. The highest BCUT2D eigenvalue weighted by atomic mass is 35.5. The fourth-order valence-corrected chi connectivity index (χ4v) is 3.61. The van der Waals surface area contributed by atoms with E-state index in [0.29, 0.717) is 17.7 Å². The third-order valence-corrected chi connectivity index (χ3v) is 5.38. The Hall–Kier alpha value is -2.11. The van der Waals surface area contributed by atoms with Crippen LogP contribution in [0.15, 0.2) is 71.1 Å². The van der Waals surface area contributed by atoms with Gasteiger partial charge < -0.3 is 14.2 Å². The molecule has 2 heterocycles. The van der Waals surface area contributed by atoms with Crippen molar-refractivity contribution in [2.75, 3.05) is 39.8 Å². The van der Waals surface area contributed by atoms with Crippen molar-refractivity contribution in [1.82, 2.24) is 9.80 Å². The van der Waals surface area contributed by atoms with Crippen molar-refractivity contribution in [2.45, 2.75) is 6.42 Å². The summed E-state index contributed by atoms with van der Waals surface area (Å²) in [5.41, 5.74) is 2.60. The van der Waals surface area contributed by atoms with Crippen LogP contribution in [0.5, 0.6) is 0 Å². The second-order valence-electron chi connectivity index (χ2n) is 7.40. The lowest BCUT2D eigenvalue weighted by atomic mass is 10.0. The lowest BCUT2D eigenvalue weighted by Crippen LogP contribution is -2.45. The van der Waals surface area contributed by atoms with E-state index in [1.165, 1.54) is 0 Å². The lowest BCUT2D eigenvalue weighted by Gasteiger charge is -2.32. The average Bonchev–Trinajstić information content (AvgIpc) is 3.20. The predicted molar refractivity (Wildman–Crippen MR) is 127 cm³/mol. The van der Waals surface area contributed by atoms with Crippen LogP contribution >= 0.6 is 24.8 Å². The van der Waals surface area contributed by atoms with Gasteiger partial charge in [-0.3, -0.25) is 4.79 Å². The summed E-state index contributed by atoms with van der Waals surface area (Å²) in [5, 5.41) is 0. The zero-order valence-corrected chi connectivity index (χ0v) is 18.8. The number of halogens is 2. The summed E-state index contributed by atoms with van der Waals surface area (Å²) in [7, 11) is 2.14. The number of ketones is 1. The first-order valence-corrected chi connectivity index (χ1v) is 9.89. The van der Waals surface area contributed by atoms with Crippen LogP contribution in [0.4, 0.5) is 0 Å². The van der Waals surface area contributed by atoms with E-state index < -0.39 is 0 Å². The minimum absolute atomic E-state index is 0. The van der Waals surface area contributed by atoms with Crippen molar-refractivity contribution in [2.24, 2.45) is 0 Å². The van der Waals surface area contributed by atoms with E-state index in [0.717, 1.165) is 49.6 Å². The van der Waals surface area contributed by atoms with Crippen LogP contribution in [0.1, 0.15) is 16.8 Å². The Kier molecular flexibility index (Phi) is 9.12. The number of benzene rings is 2. The lowest BCUT2D eigenvalue weighted by molar-refractivity contribution is 0.0942. The molecule has 0 aliphatic carbocycles. The van der Waals surface area contributed by atoms with Gasteiger partial charge in [-0.25, -0.2) is 0 Å². The van der Waals surface area contributed by atoms with Gasteiger partial charge in [0.25, 0.3) is 0 Å². The van der Waals surface area contributed by atoms with Gasteiger partial charge in [-0.1, -0.05) is 60.7 Å². The van der Waals surface area contributed by atoms with Gasteiger partial charge in [0.05, 0.1) is 5.56 Å².